The number of fused-ring (bicyclic) bond motifs is 2. The molecule has 1 aromatic heterocycles. The molecule has 0 amide bonds. The van der Waals surface area contributed by atoms with Crippen molar-refractivity contribution in [2.75, 3.05) is 6.54 Å². The maximum absolute atomic E-state index is 12.9. The summed E-state index contributed by atoms with van der Waals surface area (Å²) in [5.41, 5.74) is 2.40. The van der Waals surface area contributed by atoms with Gasteiger partial charge in [-0.25, -0.2) is 0 Å². The number of carbonyl (C=O) groups excluding carboxylic acids is 1. The van der Waals surface area contributed by atoms with Gasteiger partial charge >= 0.3 is 6.18 Å². The summed E-state index contributed by atoms with van der Waals surface area (Å²) in [6, 6.07) is 6.24. The Morgan fingerprint density at radius 1 is 1.17 bits per heavy atom. The number of carbonyl (C=O) groups is 1. The largest absolute Gasteiger partial charge is 0.508 e. The number of aromatic hydroxyl groups is 1. The molecule has 7 heteroatoms. The number of Topliss-reactive ketones (excluding diaryl/α,β-unsaturated/α-hetero) is 1. The maximum Gasteiger partial charge on any atom is 0.417 e. The van der Waals surface area contributed by atoms with Crippen LogP contribution in [0.4, 0.5) is 13.2 Å². The van der Waals surface area contributed by atoms with Gasteiger partial charge in [-0.05, 0) is 74.4 Å². The van der Waals surface area contributed by atoms with Crippen molar-refractivity contribution in [3.05, 3.63) is 58.4 Å². The summed E-state index contributed by atoms with van der Waals surface area (Å²) in [5, 5.41) is 9.92. The van der Waals surface area contributed by atoms with Crippen molar-refractivity contribution in [1.29, 1.82) is 0 Å². The number of rotatable bonds is 4. The fourth-order valence-electron chi connectivity index (χ4n) is 5.14. The Labute approximate surface area is 173 Å². The minimum atomic E-state index is -4.46. The first kappa shape index (κ1) is 20.8. The molecule has 30 heavy (non-hydrogen) atoms. The third-order valence-electron chi connectivity index (χ3n) is 7.01. The maximum atomic E-state index is 12.9. The summed E-state index contributed by atoms with van der Waals surface area (Å²) in [4.78, 5) is 19.1. The van der Waals surface area contributed by atoms with E-state index in [1.165, 1.54) is 11.6 Å². The quantitative estimate of drug-likeness (QED) is 0.704. The zero-order valence-corrected chi connectivity index (χ0v) is 17.2. The molecule has 4 nitrogen and oxygen atoms in total. The number of ketones is 1. The lowest BCUT2D eigenvalue weighted by Crippen LogP contribution is -2.39. The summed E-state index contributed by atoms with van der Waals surface area (Å²) in [6.07, 6.45) is -2.10. The highest BCUT2D eigenvalue weighted by molar-refractivity contribution is 5.96. The Bertz CT molecular complexity index is 972. The number of hydrogen-bond donors (Lipinski definition) is 1. The van der Waals surface area contributed by atoms with E-state index < -0.39 is 11.7 Å². The average Bonchev–Trinajstić information content (AvgIpc) is 3.31. The van der Waals surface area contributed by atoms with Gasteiger partial charge in [0.15, 0.2) is 5.78 Å². The van der Waals surface area contributed by atoms with Crippen molar-refractivity contribution in [3.63, 3.8) is 0 Å². The highest BCUT2D eigenvalue weighted by Crippen LogP contribution is 2.47. The summed E-state index contributed by atoms with van der Waals surface area (Å²) >= 11 is 0. The molecule has 2 heterocycles. The van der Waals surface area contributed by atoms with Gasteiger partial charge in [-0.3, -0.25) is 14.7 Å². The zero-order chi connectivity index (χ0) is 21.8. The molecule has 4 atom stereocenters. The van der Waals surface area contributed by atoms with Gasteiger partial charge in [0, 0.05) is 30.7 Å². The van der Waals surface area contributed by atoms with Crippen molar-refractivity contribution in [2.24, 2.45) is 11.8 Å². The molecule has 2 fully saturated rings. The van der Waals surface area contributed by atoms with Crippen LogP contribution in [0.1, 0.15) is 58.5 Å². The number of likely N-dealkylation sites (tertiary alicyclic amines) is 1. The van der Waals surface area contributed by atoms with E-state index in [9.17, 15) is 23.1 Å². The van der Waals surface area contributed by atoms with Crippen molar-refractivity contribution < 1.29 is 23.1 Å². The van der Waals surface area contributed by atoms with E-state index >= 15 is 0 Å². The topological polar surface area (TPSA) is 53.4 Å². The molecule has 2 aromatic rings. The fourth-order valence-corrected chi connectivity index (χ4v) is 5.14. The van der Waals surface area contributed by atoms with Gasteiger partial charge in [-0.1, -0.05) is 6.07 Å². The van der Waals surface area contributed by atoms with E-state index in [1.807, 2.05) is 19.9 Å². The average molecular weight is 418 g/mol. The molecular weight excluding hydrogens is 393 g/mol. The predicted octanol–water partition coefficient (Wildman–Crippen LogP) is 5.08. The van der Waals surface area contributed by atoms with Crippen molar-refractivity contribution in [3.8, 4) is 5.75 Å². The van der Waals surface area contributed by atoms with Crippen molar-refractivity contribution in [1.82, 2.24) is 9.88 Å². The summed E-state index contributed by atoms with van der Waals surface area (Å²) in [5.74, 6) is 0.138. The molecule has 1 aliphatic heterocycles. The van der Waals surface area contributed by atoms with Gasteiger partial charge in [-0.15, -0.1) is 0 Å². The van der Waals surface area contributed by atoms with E-state index in [2.05, 4.69) is 16.8 Å². The second kappa shape index (κ2) is 7.38. The lowest BCUT2D eigenvalue weighted by molar-refractivity contribution is -0.137. The molecule has 2 bridgehead atoms. The molecule has 0 radical (unpaired) electrons. The third-order valence-corrected chi connectivity index (χ3v) is 7.01. The standard InChI is InChI=1S/C23H25F3N2O2/c1-12-13(2)21(29)7-5-18(12)14(3)28-11-15-8-17(28)9-19(15)22(30)20-6-4-16(10-27-20)23(24,25)26/h4-7,10,14-15,17,19,29H,8-9,11H2,1-3H3/t14-,15-,17-,19?/m0/s1. The number of aromatic nitrogens is 1. The molecule has 1 unspecified atom stereocenters. The Kier molecular flexibility index (Phi) is 5.12. The smallest absolute Gasteiger partial charge is 0.417 e. The van der Waals surface area contributed by atoms with Crippen LogP contribution in [0.3, 0.4) is 0 Å². The molecular formula is C23H25F3N2O2. The molecule has 4 rings (SSSR count). The number of phenolic OH excluding ortho intramolecular Hbond substituents is 1. The van der Waals surface area contributed by atoms with Crippen LogP contribution in [-0.4, -0.2) is 33.4 Å². The molecule has 2 aliphatic rings. The van der Waals surface area contributed by atoms with Crippen LogP contribution >= 0.6 is 0 Å². The van der Waals surface area contributed by atoms with Gasteiger partial charge in [0.25, 0.3) is 0 Å². The molecule has 1 N–H and O–H groups in total. The van der Waals surface area contributed by atoms with Gasteiger partial charge in [0.1, 0.15) is 11.4 Å². The summed E-state index contributed by atoms with van der Waals surface area (Å²) in [6.45, 7) is 6.84. The zero-order valence-electron chi connectivity index (χ0n) is 17.2. The number of benzene rings is 1. The lowest BCUT2D eigenvalue weighted by Gasteiger charge is -2.36. The highest BCUT2D eigenvalue weighted by atomic mass is 19.4. The SMILES string of the molecule is Cc1c(O)ccc([C@H](C)N2C[C@@H]3C[C@H]2CC3C(=O)c2ccc(C(F)(F)F)cn2)c1C. The second-order valence-corrected chi connectivity index (χ2v) is 8.58. The van der Waals surface area contributed by atoms with Gasteiger partial charge in [0.2, 0.25) is 0 Å². The predicted molar refractivity (Wildman–Crippen MR) is 106 cm³/mol. The van der Waals surface area contributed by atoms with Gasteiger partial charge in [-0.2, -0.15) is 13.2 Å². The van der Waals surface area contributed by atoms with Crippen LogP contribution in [0.25, 0.3) is 0 Å². The van der Waals surface area contributed by atoms with E-state index in [1.54, 1.807) is 6.07 Å². The Morgan fingerprint density at radius 2 is 1.90 bits per heavy atom. The van der Waals surface area contributed by atoms with Crippen molar-refractivity contribution in [2.45, 2.75) is 51.9 Å². The number of hydrogen-bond acceptors (Lipinski definition) is 4. The minimum Gasteiger partial charge on any atom is -0.508 e. The number of halogens is 3. The Morgan fingerprint density at radius 3 is 2.47 bits per heavy atom. The number of pyridine rings is 1. The third kappa shape index (κ3) is 3.49. The molecule has 160 valence electrons. The van der Waals surface area contributed by atoms with E-state index in [0.717, 1.165) is 36.4 Å². The van der Waals surface area contributed by atoms with Gasteiger partial charge in [0.05, 0.1) is 5.56 Å². The Balaban J connectivity index is 1.47. The normalized spacial score (nSPS) is 24.9. The molecule has 1 saturated carbocycles. The second-order valence-electron chi connectivity index (χ2n) is 8.58. The van der Waals surface area contributed by atoms with Crippen LogP contribution in [0.2, 0.25) is 0 Å². The van der Waals surface area contributed by atoms with Crippen LogP contribution in [0.15, 0.2) is 30.5 Å². The van der Waals surface area contributed by atoms with Crippen molar-refractivity contribution >= 4 is 5.78 Å². The van der Waals surface area contributed by atoms with E-state index in [0.29, 0.717) is 12.2 Å². The molecule has 0 spiro atoms. The summed E-state index contributed by atoms with van der Waals surface area (Å²) < 4.78 is 38.2. The number of nitrogens with zero attached hydrogens (tertiary/aromatic N) is 2. The number of alkyl halides is 3. The van der Waals surface area contributed by atoms with Crippen LogP contribution in [0.5, 0.6) is 5.75 Å². The van der Waals surface area contributed by atoms with E-state index in [4.69, 9.17) is 0 Å². The number of piperidine rings is 1. The lowest BCUT2D eigenvalue weighted by atomic mass is 9.87. The Hall–Kier alpha value is -2.41. The number of phenols is 1. The first-order valence-corrected chi connectivity index (χ1v) is 10.2. The first-order chi connectivity index (χ1) is 14.1. The fraction of sp³-hybridized carbons (Fsp3) is 0.478. The summed E-state index contributed by atoms with van der Waals surface area (Å²) in [7, 11) is 0. The minimum absolute atomic E-state index is 0.116. The van der Waals surface area contributed by atoms with Gasteiger partial charge < -0.3 is 5.11 Å². The molecule has 1 saturated heterocycles. The van der Waals surface area contributed by atoms with E-state index in [-0.39, 0.29) is 35.4 Å². The monoisotopic (exact) mass is 418 g/mol. The highest BCUT2D eigenvalue weighted by Gasteiger charge is 2.49. The van der Waals surface area contributed by atoms with Crippen LogP contribution in [0, 0.1) is 25.7 Å². The van der Waals surface area contributed by atoms with Crippen LogP contribution < -0.4 is 0 Å². The first-order valence-electron chi connectivity index (χ1n) is 10.2. The molecule has 1 aliphatic carbocycles. The van der Waals surface area contributed by atoms with Crippen LogP contribution in [-0.2, 0) is 6.18 Å². The molecule has 1 aromatic carbocycles.